The van der Waals surface area contributed by atoms with Crippen LogP contribution in [-0.4, -0.2) is 65.6 Å². The number of hydrogen-bond donors (Lipinski definition) is 1. The lowest BCUT2D eigenvalue weighted by atomic mass is 9.94. The molecule has 1 aliphatic carbocycles. The Morgan fingerprint density at radius 2 is 1.77 bits per heavy atom. The van der Waals surface area contributed by atoms with Gasteiger partial charge in [-0.3, -0.25) is 24.6 Å². The van der Waals surface area contributed by atoms with Crippen LogP contribution in [0.2, 0.25) is 0 Å². The number of nitrogens with zero attached hydrogens (tertiary/aromatic N) is 3. The monoisotopic (exact) mass is 484 g/mol. The predicted octanol–water partition coefficient (Wildman–Crippen LogP) is 2.86. The van der Waals surface area contributed by atoms with Crippen LogP contribution in [0.1, 0.15) is 54.3 Å². The summed E-state index contributed by atoms with van der Waals surface area (Å²) >= 11 is 0. The van der Waals surface area contributed by atoms with Crippen LogP contribution in [0.3, 0.4) is 0 Å². The summed E-state index contributed by atoms with van der Waals surface area (Å²) in [6.07, 6.45) is 6.49. The molecule has 11 nitrogen and oxygen atoms in total. The van der Waals surface area contributed by atoms with Crippen molar-refractivity contribution in [3.8, 4) is 11.5 Å². The molecule has 0 spiro atoms. The molecule has 11 heteroatoms. The summed E-state index contributed by atoms with van der Waals surface area (Å²) in [6.45, 7) is 1.46. The molecule has 0 unspecified atom stereocenters. The maximum atomic E-state index is 13.6. The second-order valence-electron chi connectivity index (χ2n) is 9.07. The smallest absolute Gasteiger partial charge is 0.289 e. The van der Waals surface area contributed by atoms with E-state index in [9.17, 15) is 19.7 Å². The van der Waals surface area contributed by atoms with E-state index in [-0.39, 0.29) is 41.7 Å². The van der Waals surface area contributed by atoms with Crippen molar-refractivity contribution in [1.29, 1.82) is 0 Å². The van der Waals surface area contributed by atoms with E-state index in [1.54, 1.807) is 23.1 Å². The van der Waals surface area contributed by atoms with Crippen molar-refractivity contribution in [2.75, 3.05) is 33.0 Å². The van der Waals surface area contributed by atoms with E-state index in [4.69, 9.17) is 13.9 Å². The molecule has 0 bridgehead atoms. The fourth-order valence-electron chi connectivity index (χ4n) is 5.09. The highest BCUT2D eigenvalue weighted by Gasteiger charge is 2.38. The first-order chi connectivity index (χ1) is 17.0. The van der Waals surface area contributed by atoms with Gasteiger partial charge < -0.3 is 24.1 Å². The van der Waals surface area contributed by atoms with Crippen molar-refractivity contribution in [2.45, 2.75) is 44.2 Å². The predicted molar refractivity (Wildman–Crippen MR) is 123 cm³/mol. The lowest BCUT2D eigenvalue weighted by Crippen LogP contribution is -2.53. The number of nitro groups is 1. The third-order valence-corrected chi connectivity index (χ3v) is 6.91. The second kappa shape index (κ2) is 9.95. The number of rotatable bonds is 6. The first kappa shape index (κ1) is 23.2. The standard InChI is InChI=1S/C24H28N4O7/c29-23(25-16-5-2-1-3-6-16)22(17-13-20-21(35-15-34-20)14-18(17)28(31)32)26-8-10-27(11-9-26)24(30)19-7-4-12-33-19/h4,7,12-14,16,22H,1-3,5-6,8-11,15H2,(H,25,29)/t22-/m0/s1. The summed E-state index contributed by atoms with van der Waals surface area (Å²) in [5.41, 5.74) is 0.0745. The fourth-order valence-corrected chi connectivity index (χ4v) is 5.09. The van der Waals surface area contributed by atoms with Crippen LogP contribution in [0.15, 0.2) is 34.9 Å². The lowest BCUT2D eigenvalue weighted by Gasteiger charge is -2.39. The number of fused-ring (bicyclic) bond motifs is 1. The SMILES string of the molecule is O=C(NC1CCCCC1)[C@H](c1cc2c(cc1[N+](=O)[O-])OCO2)N1CCN(C(=O)c2ccco2)CC1. The summed E-state index contributed by atoms with van der Waals surface area (Å²) in [4.78, 5) is 41.4. The van der Waals surface area contributed by atoms with Gasteiger partial charge in [0.2, 0.25) is 12.7 Å². The molecule has 0 radical (unpaired) electrons. The van der Waals surface area contributed by atoms with E-state index in [1.165, 1.54) is 12.3 Å². The molecule has 2 aliphatic heterocycles. The van der Waals surface area contributed by atoms with Crippen molar-refractivity contribution in [1.82, 2.24) is 15.1 Å². The average Bonchev–Trinajstić information content (AvgIpc) is 3.56. The van der Waals surface area contributed by atoms with Crippen LogP contribution in [0.4, 0.5) is 5.69 Å². The minimum absolute atomic E-state index is 0.0254. The maximum absolute atomic E-state index is 13.6. The van der Waals surface area contributed by atoms with Crippen LogP contribution in [0.5, 0.6) is 11.5 Å². The number of piperazine rings is 1. The van der Waals surface area contributed by atoms with Gasteiger partial charge in [-0.25, -0.2) is 0 Å². The van der Waals surface area contributed by atoms with E-state index in [2.05, 4.69) is 5.32 Å². The van der Waals surface area contributed by atoms with Gasteiger partial charge in [-0.05, 0) is 31.0 Å². The highest BCUT2D eigenvalue weighted by Crippen LogP contribution is 2.42. The molecule has 1 saturated heterocycles. The molecule has 1 N–H and O–H groups in total. The van der Waals surface area contributed by atoms with Crippen molar-refractivity contribution >= 4 is 17.5 Å². The number of furan rings is 1. The fraction of sp³-hybridized carbons (Fsp3) is 0.500. The van der Waals surface area contributed by atoms with E-state index in [1.807, 2.05) is 4.90 Å². The Labute approximate surface area is 202 Å². The van der Waals surface area contributed by atoms with Crippen molar-refractivity contribution in [2.24, 2.45) is 0 Å². The highest BCUT2D eigenvalue weighted by molar-refractivity contribution is 5.91. The zero-order valence-corrected chi connectivity index (χ0v) is 19.3. The lowest BCUT2D eigenvalue weighted by molar-refractivity contribution is -0.386. The zero-order valence-electron chi connectivity index (χ0n) is 19.3. The summed E-state index contributed by atoms with van der Waals surface area (Å²) < 4.78 is 16.0. The molecule has 35 heavy (non-hydrogen) atoms. The molecule has 2 aromatic rings. The quantitative estimate of drug-likeness (QED) is 0.490. The van der Waals surface area contributed by atoms with Crippen LogP contribution < -0.4 is 14.8 Å². The Morgan fingerprint density at radius 3 is 2.43 bits per heavy atom. The minimum atomic E-state index is -0.896. The molecule has 1 aromatic heterocycles. The van der Waals surface area contributed by atoms with Gasteiger partial charge in [0.1, 0.15) is 6.04 Å². The highest BCUT2D eigenvalue weighted by atomic mass is 16.7. The van der Waals surface area contributed by atoms with Crippen molar-refractivity contribution < 1.29 is 28.4 Å². The van der Waals surface area contributed by atoms with Crippen LogP contribution in [-0.2, 0) is 4.79 Å². The first-order valence-corrected chi connectivity index (χ1v) is 12.0. The first-order valence-electron chi connectivity index (χ1n) is 12.0. The molecular formula is C24H28N4O7. The number of amides is 2. The zero-order chi connectivity index (χ0) is 24.4. The van der Waals surface area contributed by atoms with Crippen LogP contribution in [0.25, 0.3) is 0 Å². The molecule has 186 valence electrons. The molecule has 3 aliphatic rings. The Bertz CT molecular complexity index is 1090. The minimum Gasteiger partial charge on any atom is -0.459 e. The Balaban J connectivity index is 1.42. The molecule has 3 heterocycles. The van der Waals surface area contributed by atoms with Crippen LogP contribution >= 0.6 is 0 Å². The van der Waals surface area contributed by atoms with Gasteiger partial charge in [-0.1, -0.05) is 19.3 Å². The number of benzene rings is 1. The van der Waals surface area contributed by atoms with E-state index in [0.29, 0.717) is 37.7 Å². The van der Waals surface area contributed by atoms with Gasteiger partial charge in [0.25, 0.3) is 11.6 Å². The summed E-state index contributed by atoms with van der Waals surface area (Å²) in [7, 11) is 0. The molecule has 2 amide bonds. The number of carbonyl (C=O) groups excluding carboxylic acids is 2. The van der Waals surface area contributed by atoms with Gasteiger partial charge >= 0.3 is 0 Å². The third kappa shape index (κ3) is 4.81. The number of carbonyl (C=O) groups is 2. The van der Waals surface area contributed by atoms with E-state index >= 15 is 0 Å². The van der Waals surface area contributed by atoms with Crippen LogP contribution in [0, 0.1) is 10.1 Å². The van der Waals surface area contributed by atoms with Gasteiger partial charge in [0.15, 0.2) is 17.3 Å². The van der Waals surface area contributed by atoms with Gasteiger partial charge in [0, 0.05) is 32.2 Å². The van der Waals surface area contributed by atoms with E-state index < -0.39 is 11.0 Å². The average molecular weight is 485 g/mol. The van der Waals surface area contributed by atoms with Gasteiger partial charge in [-0.2, -0.15) is 0 Å². The van der Waals surface area contributed by atoms with Crippen molar-refractivity contribution in [3.05, 3.63) is 52.0 Å². The number of ether oxygens (including phenoxy) is 2. The normalized spacial score (nSPS) is 19.4. The Kier molecular flexibility index (Phi) is 6.58. The van der Waals surface area contributed by atoms with Gasteiger partial charge in [-0.15, -0.1) is 0 Å². The summed E-state index contributed by atoms with van der Waals surface area (Å²) in [5, 5.41) is 15.1. The molecule has 5 rings (SSSR count). The number of nitro benzene ring substituents is 1. The number of nitrogens with one attached hydrogen (secondary N) is 1. The number of hydrogen-bond acceptors (Lipinski definition) is 8. The molecular weight excluding hydrogens is 456 g/mol. The van der Waals surface area contributed by atoms with Gasteiger partial charge in [0.05, 0.1) is 22.8 Å². The largest absolute Gasteiger partial charge is 0.459 e. The molecule has 1 aromatic carbocycles. The Morgan fingerprint density at radius 1 is 1.06 bits per heavy atom. The third-order valence-electron chi connectivity index (χ3n) is 6.91. The molecule has 2 fully saturated rings. The van der Waals surface area contributed by atoms with Crippen molar-refractivity contribution in [3.63, 3.8) is 0 Å². The second-order valence-corrected chi connectivity index (χ2v) is 9.07. The Hall–Kier alpha value is -3.60. The topological polar surface area (TPSA) is 127 Å². The summed E-state index contributed by atoms with van der Waals surface area (Å²) in [5.74, 6) is 0.446. The van der Waals surface area contributed by atoms with E-state index in [0.717, 1.165) is 32.1 Å². The maximum Gasteiger partial charge on any atom is 0.289 e. The summed E-state index contributed by atoms with van der Waals surface area (Å²) in [6, 6.07) is 5.31. The molecule has 1 atom stereocenters. The molecule has 1 saturated carbocycles.